The summed E-state index contributed by atoms with van der Waals surface area (Å²) in [6.45, 7) is 2.09. The van der Waals surface area contributed by atoms with E-state index in [1.807, 2.05) is 53.1 Å². The van der Waals surface area contributed by atoms with E-state index in [2.05, 4.69) is 39.7 Å². The number of para-hydroxylation sites is 2. The third-order valence-corrected chi connectivity index (χ3v) is 4.22. The molecule has 0 amide bonds. The third-order valence-electron chi connectivity index (χ3n) is 4.22. The zero-order valence-corrected chi connectivity index (χ0v) is 13.9. The van der Waals surface area contributed by atoms with Crippen LogP contribution >= 0.6 is 0 Å². The fourth-order valence-electron chi connectivity index (χ4n) is 2.94. The van der Waals surface area contributed by atoms with Crippen LogP contribution in [0, 0.1) is 0 Å². The van der Waals surface area contributed by atoms with Gasteiger partial charge in [-0.1, -0.05) is 42.5 Å². The fourth-order valence-corrected chi connectivity index (χ4v) is 2.94. The standard InChI is InChI=1S/C19H20N6/c1-13(14-7-3-2-4-8-14)22-19-23-17(20)11-18(24-19)25-12-21-15-9-5-6-10-16(15)25/h2-13,17H,20H2,1H3,(H2,22,23,24)/t13-,17?/m0/s1. The number of benzene rings is 2. The summed E-state index contributed by atoms with van der Waals surface area (Å²) in [5.74, 6) is 1.50. The smallest absolute Gasteiger partial charge is 0.199 e. The molecule has 126 valence electrons. The van der Waals surface area contributed by atoms with Gasteiger partial charge in [0.1, 0.15) is 18.3 Å². The number of aliphatic imine (C=N–C) groups is 1. The summed E-state index contributed by atoms with van der Waals surface area (Å²) in [6, 6.07) is 18.3. The maximum absolute atomic E-state index is 6.10. The molecule has 4 rings (SSSR count). The Morgan fingerprint density at radius 2 is 1.88 bits per heavy atom. The van der Waals surface area contributed by atoms with Crippen molar-refractivity contribution in [1.29, 1.82) is 0 Å². The monoisotopic (exact) mass is 332 g/mol. The van der Waals surface area contributed by atoms with Crippen LogP contribution in [0.25, 0.3) is 16.9 Å². The van der Waals surface area contributed by atoms with Gasteiger partial charge >= 0.3 is 0 Å². The molecule has 6 heteroatoms. The maximum atomic E-state index is 6.10. The molecule has 1 aliphatic rings. The van der Waals surface area contributed by atoms with E-state index < -0.39 is 6.17 Å². The minimum absolute atomic E-state index is 0.110. The molecule has 0 aliphatic carbocycles. The first-order chi connectivity index (χ1) is 12.2. The number of hydrogen-bond acceptors (Lipinski definition) is 5. The predicted molar refractivity (Wildman–Crippen MR) is 101 cm³/mol. The average molecular weight is 332 g/mol. The molecule has 2 atom stereocenters. The van der Waals surface area contributed by atoms with Crippen molar-refractivity contribution in [3.05, 3.63) is 72.6 Å². The van der Waals surface area contributed by atoms with E-state index in [-0.39, 0.29) is 6.04 Å². The van der Waals surface area contributed by atoms with Gasteiger partial charge in [0.15, 0.2) is 5.96 Å². The minimum atomic E-state index is -0.414. The summed E-state index contributed by atoms with van der Waals surface area (Å²) < 4.78 is 1.98. The number of aromatic nitrogens is 2. The van der Waals surface area contributed by atoms with E-state index in [0.29, 0.717) is 5.96 Å². The SMILES string of the molecule is C[C@H](NC1=NC(N)C=C(n2cnc3ccccc32)N1)c1ccccc1. The Balaban J connectivity index is 1.57. The molecule has 1 aromatic heterocycles. The van der Waals surface area contributed by atoms with E-state index >= 15 is 0 Å². The van der Waals surface area contributed by atoms with Crippen molar-refractivity contribution >= 4 is 22.8 Å². The molecule has 25 heavy (non-hydrogen) atoms. The highest BCUT2D eigenvalue weighted by Crippen LogP contribution is 2.18. The van der Waals surface area contributed by atoms with Crippen molar-refractivity contribution in [3.63, 3.8) is 0 Å². The highest BCUT2D eigenvalue weighted by molar-refractivity contribution is 5.90. The lowest BCUT2D eigenvalue weighted by Crippen LogP contribution is -2.43. The summed E-state index contributed by atoms with van der Waals surface area (Å²) in [5.41, 5.74) is 9.25. The minimum Gasteiger partial charge on any atom is -0.350 e. The fraction of sp³-hybridized carbons (Fsp3) is 0.158. The highest BCUT2D eigenvalue weighted by Gasteiger charge is 2.17. The van der Waals surface area contributed by atoms with Crippen LogP contribution in [0.15, 0.2) is 72.0 Å². The number of hydrogen-bond donors (Lipinski definition) is 3. The second-order valence-electron chi connectivity index (χ2n) is 6.03. The Labute approximate surface area is 146 Å². The second kappa shape index (κ2) is 6.41. The molecule has 0 bridgehead atoms. The van der Waals surface area contributed by atoms with Gasteiger partial charge in [-0.3, -0.25) is 4.57 Å². The Kier molecular flexibility index (Phi) is 3.95. The molecule has 2 heterocycles. The topological polar surface area (TPSA) is 80.3 Å². The number of nitrogens with two attached hydrogens (primary N) is 1. The van der Waals surface area contributed by atoms with Crippen LogP contribution in [0.3, 0.4) is 0 Å². The van der Waals surface area contributed by atoms with Gasteiger partial charge in [0.05, 0.1) is 17.1 Å². The molecule has 0 fully saturated rings. The van der Waals surface area contributed by atoms with Gasteiger partial charge in [0, 0.05) is 0 Å². The van der Waals surface area contributed by atoms with Crippen molar-refractivity contribution in [2.24, 2.45) is 10.7 Å². The zero-order chi connectivity index (χ0) is 17.2. The maximum Gasteiger partial charge on any atom is 0.199 e. The predicted octanol–water partition coefficient (Wildman–Crippen LogP) is 2.43. The average Bonchev–Trinajstić information content (AvgIpc) is 3.06. The van der Waals surface area contributed by atoms with Crippen LogP contribution in [0.2, 0.25) is 0 Å². The second-order valence-corrected chi connectivity index (χ2v) is 6.03. The molecule has 4 N–H and O–H groups in total. The quantitative estimate of drug-likeness (QED) is 0.688. The molecule has 0 spiro atoms. The molecule has 0 saturated carbocycles. The van der Waals surface area contributed by atoms with Crippen LogP contribution in [0.1, 0.15) is 18.5 Å². The van der Waals surface area contributed by atoms with Crippen LogP contribution in [-0.4, -0.2) is 21.7 Å². The molecular weight excluding hydrogens is 312 g/mol. The first-order valence-electron chi connectivity index (χ1n) is 8.27. The molecule has 0 saturated heterocycles. The van der Waals surface area contributed by atoms with Gasteiger partial charge < -0.3 is 16.4 Å². The van der Waals surface area contributed by atoms with Crippen LogP contribution in [-0.2, 0) is 0 Å². The zero-order valence-electron chi connectivity index (χ0n) is 13.9. The van der Waals surface area contributed by atoms with Gasteiger partial charge in [-0.05, 0) is 30.7 Å². The molecule has 1 unspecified atom stereocenters. The molecule has 2 aromatic carbocycles. The van der Waals surface area contributed by atoms with Crippen molar-refractivity contribution in [3.8, 4) is 0 Å². The number of nitrogens with one attached hydrogen (secondary N) is 2. The third kappa shape index (κ3) is 3.12. The van der Waals surface area contributed by atoms with E-state index in [9.17, 15) is 0 Å². The largest absolute Gasteiger partial charge is 0.350 e. The van der Waals surface area contributed by atoms with E-state index in [1.165, 1.54) is 5.56 Å². The Hall–Kier alpha value is -3.12. The molecular formula is C19H20N6. The molecule has 3 aromatic rings. The van der Waals surface area contributed by atoms with Crippen LogP contribution < -0.4 is 16.4 Å². The molecule has 0 radical (unpaired) electrons. The van der Waals surface area contributed by atoms with Crippen molar-refractivity contribution in [2.45, 2.75) is 19.1 Å². The van der Waals surface area contributed by atoms with Gasteiger partial charge in [-0.15, -0.1) is 0 Å². The molecule has 1 aliphatic heterocycles. The Morgan fingerprint density at radius 1 is 1.12 bits per heavy atom. The van der Waals surface area contributed by atoms with Gasteiger partial charge in [0.2, 0.25) is 0 Å². The summed E-state index contributed by atoms with van der Waals surface area (Å²) in [4.78, 5) is 8.88. The van der Waals surface area contributed by atoms with Gasteiger partial charge in [-0.2, -0.15) is 0 Å². The number of guanidine groups is 1. The summed E-state index contributed by atoms with van der Waals surface area (Å²) in [6.07, 6.45) is 3.26. The van der Waals surface area contributed by atoms with Gasteiger partial charge in [-0.25, -0.2) is 9.98 Å². The number of rotatable bonds is 3. The summed E-state index contributed by atoms with van der Waals surface area (Å²) in [7, 11) is 0. The van der Waals surface area contributed by atoms with E-state index in [0.717, 1.165) is 16.9 Å². The lowest BCUT2D eigenvalue weighted by Gasteiger charge is -2.24. The Bertz CT molecular complexity index is 941. The van der Waals surface area contributed by atoms with Gasteiger partial charge in [0.25, 0.3) is 0 Å². The summed E-state index contributed by atoms with van der Waals surface area (Å²) >= 11 is 0. The van der Waals surface area contributed by atoms with Crippen molar-refractivity contribution in [1.82, 2.24) is 20.2 Å². The number of imidazole rings is 1. The number of fused-ring (bicyclic) bond motifs is 1. The highest BCUT2D eigenvalue weighted by atomic mass is 15.3. The van der Waals surface area contributed by atoms with Crippen LogP contribution in [0.4, 0.5) is 0 Å². The Morgan fingerprint density at radius 3 is 2.72 bits per heavy atom. The van der Waals surface area contributed by atoms with Crippen molar-refractivity contribution in [2.75, 3.05) is 0 Å². The van der Waals surface area contributed by atoms with E-state index in [1.54, 1.807) is 6.33 Å². The summed E-state index contributed by atoms with van der Waals surface area (Å²) in [5, 5.41) is 6.71. The lowest BCUT2D eigenvalue weighted by atomic mass is 10.1. The first kappa shape index (κ1) is 15.4. The number of nitrogens with zero attached hydrogens (tertiary/aromatic N) is 3. The first-order valence-corrected chi connectivity index (χ1v) is 8.27. The molecule has 6 nitrogen and oxygen atoms in total. The lowest BCUT2D eigenvalue weighted by molar-refractivity contribution is 0.684. The van der Waals surface area contributed by atoms with Crippen LogP contribution in [0.5, 0.6) is 0 Å². The normalized spacial score (nSPS) is 18.2. The van der Waals surface area contributed by atoms with E-state index in [4.69, 9.17) is 5.73 Å². The van der Waals surface area contributed by atoms with Crippen molar-refractivity contribution < 1.29 is 0 Å².